The Hall–Kier alpha value is -2.40. The number of aliphatic hydroxyl groups is 1. The van der Waals surface area contributed by atoms with Crippen molar-refractivity contribution < 1.29 is 24.2 Å². The van der Waals surface area contributed by atoms with Crippen LogP contribution in [0.4, 0.5) is 0 Å². The van der Waals surface area contributed by atoms with Crippen molar-refractivity contribution in [2.75, 3.05) is 13.2 Å². The molecule has 1 N–H and O–H groups in total. The van der Waals surface area contributed by atoms with E-state index in [1.807, 2.05) is 0 Å². The molecule has 0 aromatic rings. The van der Waals surface area contributed by atoms with Crippen molar-refractivity contribution in [2.24, 2.45) is 0 Å². The molecule has 0 heterocycles. The molecule has 0 spiro atoms. The van der Waals surface area contributed by atoms with Crippen LogP contribution in [0.2, 0.25) is 0 Å². The van der Waals surface area contributed by atoms with Gasteiger partial charge >= 0.3 is 11.9 Å². The van der Waals surface area contributed by atoms with Crippen LogP contribution >= 0.6 is 0 Å². The van der Waals surface area contributed by atoms with Crippen molar-refractivity contribution in [2.45, 2.75) is 213 Å². The normalized spacial score (nSPS) is 12.8. The molecule has 0 aromatic heterocycles. The summed E-state index contributed by atoms with van der Waals surface area (Å²) in [4.78, 5) is 24.0. The molecule has 0 amide bonds. The van der Waals surface area contributed by atoms with Crippen LogP contribution in [0.5, 0.6) is 0 Å². The van der Waals surface area contributed by atoms with Gasteiger partial charge in [0.2, 0.25) is 0 Å². The molecule has 5 heteroatoms. The van der Waals surface area contributed by atoms with Crippen molar-refractivity contribution >= 4 is 11.9 Å². The summed E-state index contributed by atoms with van der Waals surface area (Å²) in [6.07, 6.45) is 55.7. The van der Waals surface area contributed by atoms with E-state index in [0.29, 0.717) is 12.8 Å². The average Bonchev–Trinajstić information content (AvgIpc) is 3.15. The second kappa shape index (κ2) is 43.0. The molecule has 0 rings (SSSR count). The second-order valence-electron chi connectivity index (χ2n) is 14.4. The number of aliphatic hydroxyl groups excluding tert-OH is 1. The number of rotatable bonds is 39. The Balaban J connectivity index is 3.48. The molecule has 0 bridgehead atoms. The number of esters is 2. The third-order valence-corrected chi connectivity index (χ3v) is 9.27. The van der Waals surface area contributed by atoms with Gasteiger partial charge in [0.15, 0.2) is 0 Å². The van der Waals surface area contributed by atoms with Gasteiger partial charge < -0.3 is 14.6 Å². The number of allylic oxidation sites excluding steroid dienone is 10. The summed E-state index contributed by atoms with van der Waals surface area (Å²) in [7, 11) is 0. The first-order valence-electron chi connectivity index (χ1n) is 21.8. The molecule has 0 aromatic carbocycles. The van der Waals surface area contributed by atoms with E-state index in [9.17, 15) is 14.7 Å². The predicted molar refractivity (Wildman–Crippen MR) is 223 cm³/mol. The van der Waals surface area contributed by atoms with Crippen molar-refractivity contribution in [3.05, 3.63) is 60.8 Å². The van der Waals surface area contributed by atoms with Gasteiger partial charge in [-0.1, -0.05) is 197 Å². The Morgan fingerprint density at radius 2 is 0.731 bits per heavy atom. The first kappa shape index (κ1) is 49.6. The van der Waals surface area contributed by atoms with Crippen molar-refractivity contribution in [3.63, 3.8) is 0 Å². The highest BCUT2D eigenvalue weighted by atomic mass is 16.6. The van der Waals surface area contributed by atoms with Gasteiger partial charge in [0.1, 0.15) is 19.3 Å². The standard InChI is InChI=1S/C47H82O5/c1-3-5-7-9-11-13-15-17-19-21-23-25-27-29-31-33-35-37-39-41-46(49)51-43-45(48)44-52-47(50)42-40-38-36-34-32-30-28-26-24-22-20-18-16-14-12-10-8-6-4-2/h5,7,11,13,17,19,23,25,29,31,45,48H,3-4,6,8-10,12,14-16,18,20-22,24,26-28,30,32-44H2,1-2H3/b7-5-,13-11-,19-17-,25-23-,31-29-/t45-/m0/s1. The highest BCUT2D eigenvalue weighted by molar-refractivity contribution is 5.69. The fraction of sp³-hybridized carbons (Fsp3) is 0.745. The molecule has 0 radical (unpaired) electrons. The quantitative estimate of drug-likeness (QED) is 0.0388. The van der Waals surface area contributed by atoms with Gasteiger partial charge in [-0.2, -0.15) is 0 Å². The van der Waals surface area contributed by atoms with Crippen LogP contribution < -0.4 is 0 Å². The van der Waals surface area contributed by atoms with E-state index in [-0.39, 0.29) is 25.2 Å². The lowest BCUT2D eigenvalue weighted by atomic mass is 10.0. The molecule has 0 unspecified atom stereocenters. The Kier molecular flexibility index (Phi) is 41.0. The Morgan fingerprint density at radius 1 is 0.423 bits per heavy atom. The zero-order chi connectivity index (χ0) is 37.8. The number of hydrogen-bond donors (Lipinski definition) is 1. The van der Waals surface area contributed by atoms with Crippen LogP contribution in [0.3, 0.4) is 0 Å². The van der Waals surface area contributed by atoms with E-state index in [1.165, 1.54) is 103 Å². The fourth-order valence-corrected chi connectivity index (χ4v) is 6.00. The summed E-state index contributed by atoms with van der Waals surface area (Å²) in [6.45, 7) is 4.17. The molecule has 0 aliphatic carbocycles. The Morgan fingerprint density at radius 3 is 1.10 bits per heavy atom. The molecule has 0 fully saturated rings. The lowest BCUT2D eigenvalue weighted by molar-refractivity contribution is -0.152. The van der Waals surface area contributed by atoms with Crippen LogP contribution in [0.25, 0.3) is 0 Å². The molecular formula is C47H82O5. The molecule has 0 saturated carbocycles. The third-order valence-electron chi connectivity index (χ3n) is 9.27. The molecule has 5 nitrogen and oxygen atoms in total. The number of unbranched alkanes of at least 4 members (excludes halogenated alkanes) is 21. The van der Waals surface area contributed by atoms with Gasteiger partial charge in [-0.15, -0.1) is 0 Å². The molecule has 0 saturated heterocycles. The van der Waals surface area contributed by atoms with Gasteiger partial charge in [-0.25, -0.2) is 0 Å². The summed E-state index contributed by atoms with van der Waals surface area (Å²) in [5.74, 6) is -0.598. The minimum Gasteiger partial charge on any atom is -0.463 e. The van der Waals surface area contributed by atoms with Gasteiger partial charge in [0.05, 0.1) is 0 Å². The lowest BCUT2D eigenvalue weighted by Crippen LogP contribution is -2.25. The maximum atomic E-state index is 12.0. The largest absolute Gasteiger partial charge is 0.463 e. The number of hydrogen-bond acceptors (Lipinski definition) is 5. The first-order chi connectivity index (χ1) is 25.6. The highest BCUT2D eigenvalue weighted by Crippen LogP contribution is 2.15. The number of ether oxygens (including phenoxy) is 2. The van der Waals surface area contributed by atoms with E-state index >= 15 is 0 Å². The van der Waals surface area contributed by atoms with E-state index in [4.69, 9.17) is 9.47 Å². The van der Waals surface area contributed by atoms with Gasteiger partial charge in [-0.05, 0) is 57.8 Å². The zero-order valence-electron chi connectivity index (χ0n) is 34.1. The van der Waals surface area contributed by atoms with E-state index < -0.39 is 6.10 Å². The predicted octanol–water partition coefficient (Wildman–Crippen LogP) is 14.0. The molecule has 1 atom stereocenters. The Bertz CT molecular complexity index is 915. The van der Waals surface area contributed by atoms with E-state index in [2.05, 4.69) is 74.6 Å². The van der Waals surface area contributed by atoms with E-state index in [0.717, 1.165) is 77.0 Å². The maximum absolute atomic E-state index is 12.0. The van der Waals surface area contributed by atoms with Crippen LogP contribution in [0, 0.1) is 0 Å². The zero-order valence-corrected chi connectivity index (χ0v) is 34.1. The molecule has 0 aliphatic rings. The van der Waals surface area contributed by atoms with Crippen molar-refractivity contribution in [3.8, 4) is 0 Å². The number of carbonyl (C=O) groups is 2. The summed E-state index contributed by atoms with van der Waals surface area (Å²) in [5, 5.41) is 10.0. The summed E-state index contributed by atoms with van der Waals surface area (Å²) >= 11 is 0. The molecule has 300 valence electrons. The summed E-state index contributed by atoms with van der Waals surface area (Å²) in [6, 6.07) is 0. The summed E-state index contributed by atoms with van der Waals surface area (Å²) < 4.78 is 10.3. The minimum atomic E-state index is -0.978. The van der Waals surface area contributed by atoms with E-state index in [1.54, 1.807) is 0 Å². The van der Waals surface area contributed by atoms with Gasteiger partial charge in [0.25, 0.3) is 0 Å². The maximum Gasteiger partial charge on any atom is 0.305 e. The topological polar surface area (TPSA) is 72.8 Å². The van der Waals surface area contributed by atoms with Crippen LogP contribution in [0.1, 0.15) is 206 Å². The molecular weight excluding hydrogens is 645 g/mol. The molecule has 52 heavy (non-hydrogen) atoms. The minimum absolute atomic E-state index is 0.127. The average molecular weight is 727 g/mol. The third kappa shape index (κ3) is 42.0. The fourth-order valence-electron chi connectivity index (χ4n) is 6.00. The smallest absolute Gasteiger partial charge is 0.305 e. The molecule has 0 aliphatic heterocycles. The number of carbonyl (C=O) groups excluding carboxylic acids is 2. The van der Waals surface area contributed by atoms with Gasteiger partial charge in [-0.3, -0.25) is 9.59 Å². The van der Waals surface area contributed by atoms with Crippen molar-refractivity contribution in [1.82, 2.24) is 0 Å². The first-order valence-corrected chi connectivity index (χ1v) is 21.8. The highest BCUT2D eigenvalue weighted by Gasteiger charge is 2.12. The lowest BCUT2D eigenvalue weighted by Gasteiger charge is -2.12. The Labute approximate surface area is 321 Å². The SMILES string of the molecule is CC/C=C\C/C=C\C/C=C\C/C=C\C/C=C\CCCCCC(=O)OC[C@H](O)COC(=O)CCCCCCCCCCCCCCCCCCCCC. The monoisotopic (exact) mass is 727 g/mol. The van der Waals surface area contributed by atoms with Crippen LogP contribution in [-0.2, 0) is 19.1 Å². The van der Waals surface area contributed by atoms with Crippen LogP contribution in [-0.4, -0.2) is 36.4 Å². The van der Waals surface area contributed by atoms with Crippen molar-refractivity contribution in [1.29, 1.82) is 0 Å². The van der Waals surface area contributed by atoms with Gasteiger partial charge in [0, 0.05) is 12.8 Å². The second-order valence-corrected chi connectivity index (χ2v) is 14.4. The van der Waals surface area contributed by atoms with Crippen LogP contribution in [0.15, 0.2) is 60.8 Å². The summed E-state index contributed by atoms with van der Waals surface area (Å²) in [5.41, 5.74) is 0.